The number of ether oxygens (including phenoxy) is 2. The van der Waals surface area contributed by atoms with Gasteiger partial charge in [-0.15, -0.1) is 0 Å². The van der Waals surface area contributed by atoms with E-state index in [9.17, 15) is 9.59 Å². The van der Waals surface area contributed by atoms with Gasteiger partial charge in [-0.1, -0.05) is 36.0 Å². The lowest BCUT2D eigenvalue weighted by Gasteiger charge is -2.30. The molecule has 0 bridgehead atoms. The number of amides is 1. The summed E-state index contributed by atoms with van der Waals surface area (Å²) in [6.45, 7) is 0.290. The maximum atomic E-state index is 12.1. The predicted molar refractivity (Wildman–Crippen MR) is 111 cm³/mol. The molecule has 0 fully saturated rings. The third kappa shape index (κ3) is 3.80. The topological polar surface area (TPSA) is 64.6 Å². The van der Waals surface area contributed by atoms with E-state index in [2.05, 4.69) is 29.6 Å². The second-order valence-electron chi connectivity index (χ2n) is 6.80. The van der Waals surface area contributed by atoms with Gasteiger partial charge in [-0.3, -0.25) is 4.79 Å². The largest absolute Gasteiger partial charge is 0.492 e. The molecule has 2 aromatic carbocycles. The quantitative estimate of drug-likeness (QED) is 0.780. The van der Waals surface area contributed by atoms with Gasteiger partial charge in [0.05, 0.1) is 24.2 Å². The van der Waals surface area contributed by atoms with Gasteiger partial charge in [0.25, 0.3) is 0 Å². The summed E-state index contributed by atoms with van der Waals surface area (Å²) in [6.07, 6.45) is 4.88. The molecule has 1 heterocycles. The normalized spacial score (nSPS) is 17.1. The summed E-state index contributed by atoms with van der Waals surface area (Å²) in [5.41, 5.74) is 3.52. The van der Waals surface area contributed by atoms with Crippen molar-refractivity contribution in [3.8, 4) is 0 Å². The molecular formula is C23H21NO4S. The summed E-state index contributed by atoms with van der Waals surface area (Å²) in [6, 6.07) is 13.7. The zero-order valence-electron chi connectivity index (χ0n) is 16.2. The van der Waals surface area contributed by atoms with Crippen molar-refractivity contribution in [2.45, 2.75) is 22.1 Å². The molecule has 1 N–H and O–H groups in total. The summed E-state index contributed by atoms with van der Waals surface area (Å²) in [5.74, 6) is 0.349. The molecule has 1 unspecified atom stereocenters. The van der Waals surface area contributed by atoms with Crippen LogP contribution in [0.25, 0.3) is 0 Å². The van der Waals surface area contributed by atoms with E-state index in [0.717, 1.165) is 27.5 Å². The van der Waals surface area contributed by atoms with Crippen molar-refractivity contribution in [2.75, 3.05) is 20.8 Å². The minimum absolute atomic E-state index is 0.0730. The summed E-state index contributed by atoms with van der Waals surface area (Å²) in [5, 5.41) is 2.67. The van der Waals surface area contributed by atoms with Gasteiger partial charge in [-0.05, 0) is 47.9 Å². The van der Waals surface area contributed by atoms with E-state index >= 15 is 0 Å². The summed E-state index contributed by atoms with van der Waals surface area (Å²) in [4.78, 5) is 26.0. The van der Waals surface area contributed by atoms with E-state index in [4.69, 9.17) is 9.47 Å². The van der Waals surface area contributed by atoms with Gasteiger partial charge >= 0.3 is 5.97 Å². The second kappa shape index (κ2) is 8.17. The van der Waals surface area contributed by atoms with Gasteiger partial charge in [-0.25, -0.2) is 4.79 Å². The van der Waals surface area contributed by atoms with Gasteiger partial charge in [0.15, 0.2) is 0 Å². The van der Waals surface area contributed by atoms with Crippen molar-refractivity contribution < 1.29 is 19.1 Å². The van der Waals surface area contributed by atoms with Crippen LogP contribution in [0.2, 0.25) is 0 Å². The Kier molecular flexibility index (Phi) is 5.45. The molecule has 6 heteroatoms. The van der Waals surface area contributed by atoms with E-state index in [0.29, 0.717) is 11.1 Å². The molecule has 0 spiro atoms. The lowest BCUT2D eigenvalue weighted by atomic mass is 9.84. The number of fused-ring (bicyclic) bond motifs is 3. The van der Waals surface area contributed by atoms with Gasteiger partial charge < -0.3 is 14.8 Å². The van der Waals surface area contributed by atoms with Crippen LogP contribution in [-0.2, 0) is 20.7 Å². The zero-order chi connectivity index (χ0) is 20.4. The summed E-state index contributed by atoms with van der Waals surface area (Å²) in [7, 11) is 3.01. The van der Waals surface area contributed by atoms with E-state index < -0.39 is 0 Å². The molecule has 0 saturated carbocycles. The molecule has 5 nitrogen and oxygen atoms in total. The van der Waals surface area contributed by atoms with Crippen LogP contribution in [0.15, 0.2) is 75.7 Å². The first kappa shape index (κ1) is 19.3. The number of carbonyl (C=O) groups is 2. The number of esters is 1. The maximum absolute atomic E-state index is 12.1. The van der Waals surface area contributed by atoms with Gasteiger partial charge in [0.2, 0.25) is 5.91 Å². The third-order valence-electron chi connectivity index (χ3n) is 5.08. The first-order chi connectivity index (χ1) is 14.1. The van der Waals surface area contributed by atoms with Crippen LogP contribution in [0.1, 0.15) is 27.4 Å². The van der Waals surface area contributed by atoms with Crippen LogP contribution in [0.5, 0.6) is 0 Å². The molecule has 0 radical (unpaired) electrons. The van der Waals surface area contributed by atoms with Crippen molar-refractivity contribution in [1.82, 2.24) is 5.32 Å². The van der Waals surface area contributed by atoms with Crippen LogP contribution in [0, 0.1) is 0 Å². The highest BCUT2D eigenvalue weighted by molar-refractivity contribution is 7.99. The number of hydrogen-bond acceptors (Lipinski definition) is 5. The standard InChI is InChI=1S/C23H21NO4S/c1-24-22(25)15-11-19-18-12-16(9-7-14(18)8-10-20(19)28-13-15)29-21-6-4-3-5-17(21)23(26)27-2/h3-7,9-12,19H,8,13H2,1-2H3,(H,24,25). The monoisotopic (exact) mass is 407 g/mol. The molecule has 1 atom stereocenters. The smallest absolute Gasteiger partial charge is 0.339 e. The summed E-state index contributed by atoms with van der Waals surface area (Å²) < 4.78 is 10.8. The van der Waals surface area contributed by atoms with Crippen LogP contribution >= 0.6 is 11.8 Å². The fourth-order valence-electron chi connectivity index (χ4n) is 3.60. The van der Waals surface area contributed by atoms with Crippen molar-refractivity contribution in [2.24, 2.45) is 0 Å². The molecule has 148 valence electrons. The molecule has 29 heavy (non-hydrogen) atoms. The Morgan fingerprint density at radius 2 is 2.03 bits per heavy atom. The molecule has 0 aromatic heterocycles. The number of nitrogens with one attached hydrogen (secondary N) is 1. The van der Waals surface area contributed by atoms with E-state index in [1.165, 1.54) is 24.4 Å². The lowest BCUT2D eigenvalue weighted by Crippen LogP contribution is -2.27. The van der Waals surface area contributed by atoms with Gasteiger partial charge in [0.1, 0.15) is 12.4 Å². The number of rotatable bonds is 4. The van der Waals surface area contributed by atoms with Crippen molar-refractivity contribution in [1.29, 1.82) is 0 Å². The van der Waals surface area contributed by atoms with Crippen molar-refractivity contribution in [3.05, 3.63) is 82.6 Å². The predicted octanol–water partition coefficient (Wildman–Crippen LogP) is 3.85. The maximum Gasteiger partial charge on any atom is 0.339 e. The van der Waals surface area contributed by atoms with E-state index in [1.54, 1.807) is 13.1 Å². The lowest BCUT2D eigenvalue weighted by molar-refractivity contribution is -0.117. The van der Waals surface area contributed by atoms with Crippen LogP contribution in [-0.4, -0.2) is 32.6 Å². The second-order valence-corrected chi connectivity index (χ2v) is 7.91. The van der Waals surface area contributed by atoms with Crippen molar-refractivity contribution in [3.63, 3.8) is 0 Å². The number of allylic oxidation sites excluding steroid dienone is 2. The summed E-state index contributed by atoms with van der Waals surface area (Å²) >= 11 is 1.52. The fourth-order valence-corrected chi connectivity index (χ4v) is 4.58. The highest BCUT2D eigenvalue weighted by atomic mass is 32.2. The molecule has 2 aromatic rings. The Bertz CT molecular complexity index is 1040. The minimum atomic E-state index is -0.352. The average molecular weight is 407 g/mol. The third-order valence-corrected chi connectivity index (χ3v) is 6.15. The Hall–Kier alpha value is -2.99. The molecule has 2 aliphatic rings. The van der Waals surface area contributed by atoms with Crippen LogP contribution in [0.4, 0.5) is 0 Å². The molecule has 1 amide bonds. The Morgan fingerprint density at radius 3 is 2.83 bits per heavy atom. The molecule has 1 aliphatic carbocycles. The Balaban J connectivity index is 1.68. The average Bonchev–Trinajstić information content (AvgIpc) is 2.78. The molecule has 4 rings (SSSR count). The minimum Gasteiger partial charge on any atom is -0.492 e. The fraction of sp³-hybridized carbons (Fsp3) is 0.217. The molecular weight excluding hydrogens is 386 g/mol. The first-order valence-corrected chi connectivity index (χ1v) is 10.2. The number of benzene rings is 2. The SMILES string of the molecule is CNC(=O)C1=CC2C(=CCc3ccc(Sc4ccccc4C(=O)OC)cc32)OC1. The number of carbonyl (C=O) groups excluding carboxylic acids is 2. The number of methoxy groups -OCH3 is 1. The van der Waals surface area contributed by atoms with Crippen molar-refractivity contribution >= 4 is 23.6 Å². The number of hydrogen-bond donors (Lipinski definition) is 1. The zero-order valence-corrected chi connectivity index (χ0v) is 17.0. The molecule has 0 saturated heterocycles. The molecule has 1 aliphatic heterocycles. The van der Waals surface area contributed by atoms with Crippen LogP contribution < -0.4 is 5.32 Å². The Labute approximate surface area is 173 Å². The number of likely N-dealkylation sites (N-methyl/N-ethyl adjacent to an activating group) is 1. The first-order valence-electron chi connectivity index (χ1n) is 9.34. The van der Waals surface area contributed by atoms with Gasteiger partial charge in [0, 0.05) is 16.8 Å². The van der Waals surface area contributed by atoms with Gasteiger partial charge in [-0.2, -0.15) is 0 Å². The highest BCUT2D eigenvalue weighted by Gasteiger charge is 2.29. The highest BCUT2D eigenvalue weighted by Crippen LogP contribution is 2.41. The Morgan fingerprint density at radius 1 is 1.21 bits per heavy atom. The van der Waals surface area contributed by atoms with E-state index in [1.807, 2.05) is 24.3 Å². The van der Waals surface area contributed by atoms with Crippen LogP contribution in [0.3, 0.4) is 0 Å². The van der Waals surface area contributed by atoms with E-state index in [-0.39, 0.29) is 24.4 Å².